The minimum Gasteiger partial charge on any atom is -0.446 e. The second kappa shape index (κ2) is 6.91. The van der Waals surface area contributed by atoms with Gasteiger partial charge in [0.15, 0.2) is 5.03 Å². The van der Waals surface area contributed by atoms with Gasteiger partial charge in [-0.2, -0.15) is 0 Å². The van der Waals surface area contributed by atoms with Crippen molar-refractivity contribution in [1.82, 2.24) is 9.80 Å². The first-order valence-electron chi connectivity index (χ1n) is 7.42. The van der Waals surface area contributed by atoms with Crippen LogP contribution in [0.5, 0.6) is 0 Å². The molecule has 0 aliphatic carbocycles. The Morgan fingerprint density at radius 3 is 2.77 bits per heavy atom. The van der Waals surface area contributed by atoms with Crippen molar-refractivity contribution in [2.24, 2.45) is 16.9 Å². The molecule has 9 heteroatoms. The van der Waals surface area contributed by atoms with E-state index in [1.54, 1.807) is 18.7 Å². The molecule has 22 heavy (non-hydrogen) atoms. The molecule has 2 aliphatic rings. The maximum absolute atomic E-state index is 12.0. The zero-order valence-corrected chi connectivity index (χ0v) is 13.1. The Morgan fingerprint density at radius 1 is 1.50 bits per heavy atom. The molecule has 2 saturated heterocycles. The lowest BCUT2D eigenvalue weighted by Gasteiger charge is -2.23. The van der Waals surface area contributed by atoms with E-state index in [1.807, 2.05) is 0 Å². The van der Waals surface area contributed by atoms with Crippen molar-refractivity contribution >= 4 is 12.1 Å². The lowest BCUT2D eigenvalue weighted by molar-refractivity contribution is -0.486. The fourth-order valence-corrected chi connectivity index (χ4v) is 2.61. The van der Waals surface area contributed by atoms with Crippen LogP contribution in [0.25, 0.3) is 0 Å². The Morgan fingerprint density at radius 2 is 2.23 bits per heavy atom. The minimum atomic E-state index is -0.780. The Bertz CT molecular complexity index is 467. The topological polar surface area (TPSA) is 97.5 Å². The smallest absolute Gasteiger partial charge is 0.417 e. The molecule has 0 N–H and O–H groups in total. The van der Waals surface area contributed by atoms with Gasteiger partial charge in [0.1, 0.15) is 5.10 Å². The molecule has 2 unspecified atom stereocenters. The van der Waals surface area contributed by atoms with Crippen molar-refractivity contribution in [3.63, 3.8) is 0 Å². The molecule has 1 amide bonds. The number of carbonyl (C=O) groups is 1. The van der Waals surface area contributed by atoms with Crippen molar-refractivity contribution in [2.45, 2.75) is 26.9 Å². The summed E-state index contributed by atoms with van der Waals surface area (Å²) in [6.07, 6.45) is -0.893. The average molecular weight is 314 g/mol. The fraction of sp³-hybridized carbons (Fsp3) is 0.846. The first-order chi connectivity index (χ1) is 10.4. The standard InChI is InChI=1S/C13H22N4O5/c1-9(2)22-13(18)16-5-4-15(12(16)14-17(19)20)6-11-8-21-7-10(11)3/h9-11H,4-8H2,1-3H3. The van der Waals surface area contributed by atoms with E-state index >= 15 is 0 Å². The van der Waals surface area contributed by atoms with Gasteiger partial charge in [-0.25, -0.2) is 19.8 Å². The van der Waals surface area contributed by atoms with Crippen molar-refractivity contribution in [3.8, 4) is 0 Å². The highest BCUT2D eigenvalue weighted by Gasteiger charge is 2.38. The van der Waals surface area contributed by atoms with Crippen molar-refractivity contribution in [1.29, 1.82) is 0 Å². The number of amides is 1. The van der Waals surface area contributed by atoms with Gasteiger partial charge >= 0.3 is 6.09 Å². The van der Waals surface area contributed by atoms with Crippen LogP contribution in [0.4, 0.5) is 4.79 Å². The lowest BCUT2D eigenvalue weighted by Crippen LogP contribution is -2.41. The summed E-state index contributed by atoms with van der Waals surface area (Å²) in [5.41, 5.74) is 0. The van der Waals surface area contributed by atoms with Crippen LogP contribution in [-0.2, 0) is 9.47 Å². The molecule has 2 fully saturated rings. The summed E-state index contributed by atoms with van der Waals surface area (Å²) in [5.74, 6) is 0.710. The Labute approximate surface area is 129 Å². The molecule has 2 atom stereocenters. The summed E-state index contributed by atoms with van der Waals surface area (Å²) in [5, 5.41) is 13.4. The zero-order valence-electron chi connectivity index (χ0n) is 13.1. The molecule has 0 aromatic rings. The highest BCUT2D eigenvalue weighted by atomic mass is 16.7. The van der Waals surface area contributed by atoms with E-state index in [9.17, 15) is 14.9 Å². The number of carbonyl (C=O) groups excluding carboxylic acids is 1. The Kier molecular flexibility index (Phi) is 5.17. The van der Waals surface area contributed by atoms with Gasteiger partial charge in [-0.3, -0.25) is 0 Å². The maximum Gasteiger partial charge on any atom is 0.417 e. The first kappa shape index (κ1) is 16.5. The number of ether oxygens (including phenoxy) is 2. The van der Waals surface area contributed by atoms with Crippen LogP contribution >= 0.6 is 0 Å². The van der Waals surface area contributed by atoms with Crippen LogP contribution in [-0.4, -0.2) is 65.8 Å². The molecule has 0 aromatic heterocycles. The number of nitro groups is 1. The normalized spacial score (nSPS) is 27.0. The van der Waals surface area contributed by atoms with Gasteiger partial charge in [0.25, 0.3) is 5.96 Å². The van der Waals surface area contributed by atoms with Crippen LogP contribution in [0.2, 0.25) is 0 Å². The average Bonchev–Trinajstić information content (AvgIpc) is 2.97. The van der Waals surface area contributed by atoms with Crippen molar-refractivity contribution in [2.75, 3.05) is 32.8 Å². The molecule has 9 nitrogen and oxygen atoms in total. The second-order valence-corrected chi connectivity index (χ2v) is 5.94. The third-order valence-electron chi connectivity index (χ3n) is 3.82. The van der Waals surface area contributed by atoms with E-state index in [2.05, 4.69) is 12.0 Å². The van der Waals surface area contributed by atoms with E-state index in [4.69, 9.17) is 9.47 Å². The first-order valence-corrected chi connectivity index (χ1v) is 7.42. The maximum atomic E-state index is 12.0. The largest absolute Gasteiger partial charge is 0.446 e. The van der Waals surface area contributed by atoms with E-state index in [-0.39, 0.29) is 18.0 Å². The van der Waals surface area contributed by atoms with Crippen molar-refractivity contribution < 1.29 is 19.3 Å². The van der Waals surface area contributed by atoms with Gasteiger partial charge in [-0.05, 0) is 19.8 Å². The van der Waals surface area contributed by atoms with Crippen LogP contribution in [0.1, 0.15) is 20.8 Å². The predicted molar refractivity (Wildman–Crippen MR) is 77.8 cm³/mol. The molecule has 0 spiro atoms. The lowest BCUT2D eigenvalue weighted by atomic mass is 9.98. The Hall–Kier alpha value is -1.90. The van der Waals surface area contributed by atoms with Crippen LogP contribution in [0, 0.1) is 22.0 Å². The summed E-state index contributed by atoms with van der Waals surface area (Å²) in [4.78, 5) is 25.8. The van der Waals surface area contributed by atoms with E-state index in [1.165, 1.54) is 4.90 Å². The number of hydrogen-bond donors (Lipinski definition) is 0. The highest BCUT2D eigenvalue weighted by Crippen LogP contribution is 2.23. The molecule has 0 radical (unpaired) electrons. The summed E-state index contributed by atoms with van der Waals surface area (Å²) in [6, 6.07) is 0. The molecule has 0 aromatic carbocycles. The minimum absolute atomic E-state index is 0.0507. The number of hydrazone groups is 1. The van der Waals surface area contributed by atoms with Crippen LogP contribution < -0.4 is 0 Å². The summed E-state index contributed by atoms with van der Waals surface area (Å²) >= 11 is 0. The third-order valence-corrected chi connectivity index (χ3v) is 3.82. The number of nitrogens with zero attached hydrogens (tertiary/aromatic N) is 4. The molecule has 2 rings (SSSR count). The Balaban J connectivity index is 2.10. The van der Waals surface area contributed by atoms with Gasteiger partial charge in [0.05, 0.1) is 19.3 Å². The zero-order chi connectivity index (χ0) is 16.3. The monoisotopic (exact) mass is 314 g/mol. The van der Waals surface area contributed by atoms with Crippen LogP contribution in [0.3, 0.4) is 0 Å². The summed E-state index contributed by atoms with van der Waals surface area (Å²) < 4.78 is 10.5. The quantitative estimate of drug-likeness (QED) is 0.567. The third kappa shape index (κ3) is 3.85. The van der Waals surface area contributed by atoms with Gasteiger partial charge in [0.2, 0.25) is 0 Å². The fourth-order valence-electron chi connectivity index (χ4n) is 2.61. The predicted octanol–water partition coefficient (Wildman–Crippen LogP) is 0.979. The molecule has 124 valence electrons. The van der Waals surface area contributed by atoms with Gasteiger partial charge in [-0.1, -0.05) is 6.92 Å². The molecular formula is C13H22N4O5. The van der Waals surface area contributed by atoms with Crippen molar-refractivity contribution in [3.05, 3.63) is 10.1 Å². The van der Waals surface area contributed by atoms with E-state index in [0.717, 1.165) is 0 Å². The second-order valence-electron chi connectivity index (χ2n) is 5.94. The van der Waals surface area contributed by atoms with E-state index in [0.29, 0.717) is 38.8 Å². The molecular weight excluding hydrogens is 292 g/mol. The molecule has 0 bridgehead atoms. The SMILES string of the molecule is CC(C)OC(=O)N1CCN(CC2COCC2C)C1=N[N+](=O)[O-]. The molecule has 2 heterocycles. The number of guanidine groups is 1. The molecule has 0 saturated carbocycles. The molecule has 2 aliphatic heterocycles. The van der Waals surface area contributed by atoms with Gasteiger partial charge in [-0.15, -0.1) is 0 Å². The highest BCUT2D eigenvalue weighted by molar-refractivity contribution is 5.95. The summed E-state index contributed by atoms with van der Waals surface area (Å²) in [6.45, 7) is 8.28. The van der Waals surface area contributed by atoms with Crippen LogP contribution in [0.15, 0.2) is 5.10 Å². The van der Waals surface area contributed by atoms with E-state index < -0.39 is 11.1 Å². The summed E-state index contributed by atoms with van der Waals surface area (Å²) in [7, 11) is 0. The number of rotatable bonds is 4. The van der Waals surface area contributed by atoms with Gasteiger partial charge in [0, 0.05) is 25.6 Å². The number of hydrogen-bond acceptors (Lipinski definition) is 5. The van der Waals surface area contributed by atoms with Gasteiger partial charge < -0.3 is 14.4 Å².